The molecule has 0 aliphatic heterocycles. The Hall–Kier alpha value is -1.86. The van der Waals surface area contributed by atoms with Crippen LogP contribution in [0.4, 0.5) is 0 Å². The quantitative estimate of drug-likeness (QED) is 0.490. The maximum absolute atomic E-state index is 10.6. The lowest BCUT2D eigenvalue weighted by atomic mass is 10.2. The number of aliphatic hydroxyl groups is 1. The van der Waals surface area contributed by atoms with E-state index in [0.29, 0.717) is 5.56 Å². The zero-order valence-corrected chi connectivity index (χ0v) is 8.34. The lowest BCUT2D eigenvalue weighted by Crippen LogP contribution is -2.37. The van der Waals surface area contributed by atoms with Gasteiger partial charge < -0.3 is 25.7 Å². The number of carboxylic acid groups (broad SMARTS) is 1. The zero-order valence-electron chi connectivity index (χ0n) is 8.34. The van der Waals surface area contributed by atoms with Crippen LogP contribution >= 0.6 is 0 Å². The first kappa shape index (κ1) is 12.2. The summed E-state index contributed by atoms with van der Waals surface area (Å²) in [5.74, 6) is -2.17. The molecule has 7 nitrogen and oxygen atoms in total. The summed E-state index contributed by atoms with van der Waals surface area (Å²) in [4.78, 5) is 21.1. The summed E-state index contributed by atoms with van der Waals surface area (Å²) in [6.07, 6.45) is -0.0366. The first-order valence-corrected chi connectivity index (χ1v) is 4.50. The van der Waals surface area contributed by atoms with E-state index in [1.807, 2.05) is 0 Å². The van der Waals surface area contributed by atoms with Crippen LogP contribution in [0, 0.1) is 0 Å². The van der Waals surface area contributed by atoms with Gasteiger partial charge >= 0.3 is 5.97 Å². The van der Waals surface area contributed by atoms with E-state index in [4.69, 9.17) is 20.4 Å². The summed E-state index contributed by atoms with van der Waals surface area (Å²) in [6, 6.07) is 1.49. The number of aromatic carboxylic acids is 1. The highest BCUT2D eigenvalue weighted by Crippen LogP contribution is 2.09. The summed E-state index contributed by atoms with van der Waals surface area (Å²) in [7, 11) is 0. The van der Waals surface area contributed by atoms with E-state index in [2.05, 4.69) is 5.32 Å². The van der Waals surface area contributed by atoms with Crippen molar-refractivity contribution >= 4 is 11.9 Å². The average Bonchev–Trinajstić information content (AvgIpc) is 2.65. The first-order chi connectivity index (χ1) is 7.52. The molecular weight excluding hydrogens is 216 g/mol. The van der Waals surface area contributed by atoms with Gasteiger partial charge in [0.05, 0.1) is 6.26 Å². The van der Waals surface area contributed by atoms with Crippen molar-refractivity contribution in [1.82, 2.24) is 5.32 Å². The van der Waals surface area contributed by atoms with Crippen LogP contribution in [0.2, 0.25) is 0 Å². The van der Waals surface area contributed by atoms with Gasteiger partial charge in [-0.25, -0.2) is 4.79 Å². The van der Waals surface area contributed by atoms with Crippen LogP contribution in [-0.2, 0) is 11.3 Å². The Balaban J connectivity index is 2.46. The number of primary amides is 1. The van der Waals surface area contributed by atoms with Crippen molar-refractivity contribution in [2.45, 2.75) is 12.6 Å². The molecule has 7 heteroatoms. The lowest BCUT2D eigenvalue weighted by molar-refractivity contribution is -0.125. The molecule has 16 heavy (non-hydrogen) atoms. The third-order valence-corrected chi connectivity index (χ3v) is 1.92. The molecule has 0 aliphatic carbocycles. The summed E-state index contributed by atoms with van der Waals surface area (Å²) < 4.78 is 4.74. The Morgan fingerprint density at radius 2 is 2.25 bits per heavy atom. The van der Waals surface area contributed by atoms with Crippen LogP contribution in [-0.4, -0.2) is 34.7 Å². The number of aliphatic hydroxyl groups excluding tert-OH is 1. The van der Waals surface area contributed by atoms with Gasteiger partial charge in [0.1, 0.15) is 6.10 Å². The summed E-state index contributed by atoms with van der Waals surface area (Å²) in [5, 5.41) is 20.5. The molecule has 1 atom stereocenters. The Bertz CT molecular complexity index is 387. The van der Waals surface area contributed by atoms with Gasteiger partial charge in [0.2, 0.25) is 11.7 Å². The van der Waals surface area contributed by atoms with Gasteiger partial charge in [-0.05, 0) is 6.07 Å². The van der Waals surface area contributed by atoms with Crippen LogP contribution in [0.25, 0.3) is 0 Å². The highest BCUT2D eigenvalue weighted by atomic mass is 16.4. The molecule has 0 aromatic carbocycles. The summed E-state index contributed by atoms with van der Waals surface area (Å²) in [6.45, 7) is 0.127. The molecule has 0 saturated heterocycles. The summed E-state index contributed by atoms with van der Waals surface area (Å²) in [5.41, 5.74) is 5.27. The number of carbonyl (C=O) groups excluding carboxylic acids is 1. The molecule has 0 bridgehead atoms. The maximum Gasteiger partial charge on any atom is 0.372 e. The fourth-order valence-corrected chi connectivity index (χ4v) is 1.11. The molecule has 0 spiro atoms. The van der Waals surface area contributed by atoms with E-state index in [1.165, 1.54) is 12.3 Å². The number of amides is 1. The van der Waals surface area contributed by atoms with Crippen LogP contribution in [0.1, 0.15) is 16.1 Å². The zero-order chi connectivity index (χ0) is 12.1. The van der Waals surface area contributed by atoms with Crippen molar-refractivity contribution in [3.8, 4) is 0 Å². The lowest BCUT2D eigenvalue weighted by Gasteiger charge is -2.07. The van der Waals surface area contributed by atoms with E-state index in [9.17, 15) is 9.59 Å². The minimum absolute atomic E-state index is 0.0421. The number of carbonyl (C=O) groups is 2. The second-order valence-electron chi connectivity index (χ2n) is 3.13. The van der Waals surface area contributed by atoms with E-state index in [-0.39, 0.29) is 18.8 Å². The largest absolute Gasteiger partial charge is 0.475 e. The molecule has 1 heterocycles. The normalized spacial score (nSPS) is 12.3. The van der Waals surface area contributed by atoms with E-state index in [0.717, 1.165) is 0 Å². The third-order valence-electron chi connectivity index (χ3n) is 1.92. The minimum Gasteiger partial charge on any atom is -0.475 e. The van der Waals surface area contributed by atoms with Crippen molar-refractivity contribution in [3.63, 3.8) is 0 Å². The number of nitrogens with one attached hydrogen (secondary N) is 1. The predicted molar refractivity (Wildman–Crippen MR) is 52.6 cm³/mol. The standard InChI is InChI=1S/C9H12N2O5/c10-8(13)6(12)4-11-3-5-1-2-16-7(5)9(14)15/h1-2,6,11-12H,3-4H2,(H2,10,13)(H,14,15). The Labute approximate surface area is 90.9 Å². The molecule has 1 aromatic rings. The number of nitrogens with two attached hydrogens (primary N) is 1. The smallest absolute Gasteiger partial charge is 0.372 e. The van der Waals surface area contributed by atoms with Crippen LogP contribution in [0.3, 0.4) is 0 Å². The molecule has 0 aliphatic rings. The predicted octanol–water partition coefficient (Wildman–Crippen LogP) is -1.09. The fraction of sp³-hybridized carbons (Fsp3) is 0.333. The minimum atomic E-state index is -1.29. The number of rotatable bonds is 6. The van der Waals surface area contributed by atoms with Gasteiger partial charge in [0.15, 0.2) is 0 Å². The van der Waals surface area contributed by atoms with Crippen LogP contribution < -0.4 is 11.1 Å². The average molecular weight is 228 g/mol. The van der Waals surface area contributed by atoms with Gasteiger partial charge in [-0.3, -0.25) is 4.79 Å². The summed E-state index contributed by atoms with van der Waals surface area (Å²) >= 11 is 0. The SMILES string of the molecule is NC(=O)C(O)CNCc1ccoc1C(=O)O. The molecule has 1 unspecified atom stereocenters. The molecule has 88 valence electrons. The third kappa shape index (κ3) is 3.07. The van der Waals surface area contributed by atoms with Crippen LogP contribution in [0.5, 0.6) is 0 Å². The van der Waals surface area contributed by atoms with Crippen molar-refractivity contribution in [2.24, 2.45) is 5.73 Å². The van der Waals surface area contributed by atoms with Gasteiger partial charge in [-0.1, -0.05) is 0 Å². The highest BCUT2D eigenvalue weighted by molar-refractivity contribution is 5.86. The fourth-order valence-electron chi connectivity index (χ4n) is 1.11. The maximum atomic E-state index is 10.6. The number of furan rings is 1. The van der Waals surface area contributed by atoms with Gasteiger partial charge in [-0.2, -0.15) is 0 Å². The molecule has 0 radical (unpaired) electrons. The second-order valence-corrected chi connectivity index (χ2v) is 3.13. The number of carboxylic acids is 1. The van der Waals surface area contributed by atoms with Crippen molar-refractivity contribution in [3.05, 3.63) is 23.7 Å². The van der Waals surface area contributed by atoms with Gasteiger partial charge in [-0.15, -0.1) is 0 Å². The van der Waals surface area contributed by atoms with E-state index >= 15 is 0 Å². The van der Waals surface area contributed by atoms with Crippen molar-refractivity contribution < 1.29 is 24.2 Å². The molecule has 5 N–H and O–H groups in total. The van der Waals surface area contributed by atoms with Crippen molar-refractivity contribution in [1.29, 1.82) is 0 Å². The molecule has 1 amide bonds. The van der Waals surface area contributed by atoms with Crippen molar-refractivity contribution in [2.75, 3.05) is 6.54 Å². The first-order valence-electron chi connectivity index (χ1n) is 4.50. The van der Waals surface area contributed by atoms with Gasteiger partial charge in [0.25, 0.3) is 0 Å². The molecule has 0 saturated carbocycles. The van der Waals surface area contributed by atoms with E-state index in [1.54, 1.807) is 0 Å². The molecule has 1 rings (SSSR count). The number of hydrogen-bond donors (Lipinski definition) is 4. The monoisotopic (exact) mass is 228 g/mol. The molecular formula is C9H12N2O5. The Kier molecular flexibility index (Phi) is 4.03. The molecule has 0 fully saturated rings. The molecule has 1 aromatic heterocycles. The van der Waals surface area contributed by atoms with Crippen LogP contribution in [0.15, 0.2) is 16.7 Å². The number of hydrogen-bond acceptors (Lipinski definition) is 5. The second kappa shape index (κ2) is 5.29. The van der Waals surface area contributed by atoms with E-state index < -0.39 is 18.0 Å². The van der Waals surface area contributed by atoms with Gasteiger partial charge in [0, 0.05) is 18.7 Å². The topological polar surface area (TPSA) is 126 Å². The Morgan fingerprint density at radius 3 is 2.81 bits per heavy atom. The highest BCUT2D eigenvalue weighted by Gasteiger charge is 2.14. The Morgan fingerprint density at radius 1 is 1.56 bits per heavy atom.